The summed E-state index contributed by atoms with van der Waals surface area (Å²) in [5.41, 5.74) is 2.08. The minimum Gasteiger partial charge on any atom is -0.372 e. The van der Waals surface area contributed by atoms with Crippen molar-refractivity contribution in [2.45, 2.75) is 13.8 Å². The second kappa shape index (κ2) is 9.02. The fraction of sp³-hybridized carbons (Fsp3) is 0.200. The number of carbonyl (C=O) groups excluding carboxylic acids is 1. The van der Waals surface area contributed by atoms with Gasteiger partial charge in [0.25, 0.3) is 5.91 Å². The summed E-state index contributed by atoms with van der Waals surface area (Å²) in [5.74, 6) is -1.16. The van der Waals surface area contributed by atoms with E-state index in [4.69, 9.17) is 11.6 Å². The van der Waals surface area contributed by atoms with Gasteiger partial charge in [-0.15, -0.1) is 0 Å². The minimum absolute atomic E-state index is 0.0546. The van der Waals surface area contributed by atoms with Crippen LogP contribution in [0.1, 0.15) is 19.4 Å². The van der Waals surface area contributed by atoms with Crippen molar-refractivity contribution in [1.82, 2.24) is 0 Å². The first-order valence-electron chi connectivity index (χ1n) is 8.21. The Bertz CT molecular complexity index is 852. The van der Waals surface area contributed by atoms with E-state index in [0.717, 1.165) is 30.4 Å². The Hall–Kier alpha value is -2.84. The number of benzene rings is 2. The summed E-state index contributed by atoms with van der Waals surface area (Å²) in [6, 6.07) is 13.3. The topological polar surface area (TPSA) is 56.1 Å². The Morgan fingerprint density at radius 3 is 2.42 bits per heavy atom. The van der Waals surface area contributed by atoms with Gasteiger partial charge >= 0.3 is 0 Å². The molecule has 134 valence electrons. The van der Waals surface area contributed by atoms with Crippen molar-refractivity contribution < 1.29 is 9.18 Å². The van der Waals surface area contributed by atoms with Crippen molar-refractivity contribution in [3.63, 3.8) is 0 Å². The molecule has 0 aromatic heterocycles. The van der Waals surface area contributed by atoms with Crippen LogP contribution in [0.2, 0.25) is 5.02 Å². The van der Waals surface area contributed by atoms with Gasteiger partial charge in [0.1, 0.15) is 17.5 Å². The van der Waals surface area contributed by atoms with Crippen LogP contribution in [0.5, 0.6) is 0 Å². The number of hydrogen-bond acceptors (Lipinski definition) is 3. The summed E-state index contributed by atoms with van der Waals surface area (Å²) >= 11 is 5.69. The summed E-state index contributed by atoms with van der Waals surface area (Å²) in [6.45, 7) is 5.96. The Morgan fingerprint density at radius 1 is 1.23 bits per heavy atom. The molecule has 0 heterocycles. The maximum atomic E-state index is 13.2. The molecule has 0 spiro atoms. The summed E-state index contributed by atoms with van der Waals surface area (Å²) in [5, 5.41) is 11.7. The third-order valence-corrected chi connectivity index (χ3v) is 4.16. The SMILES string of the molecule is CCN(CC)c1ccc(/C=C(\C#N)C(=O)Nc2ccc(F)c(Cl)c2)cc1. The summed E-state index contributed by atoms with van der Waals surface area (Å²) < 4.78 is 13.2. The first-order valence-corrected chi connectivity index (χ1v) is 8.59. The lowest BCUT2D eigenvalue weighted by Crippen LogP contribution is -2.21. The van der Waals surface area contributed by atoms with Crippen LogP contribution in [0.25, 0.3) is 6.08 Å². The molecule has 0 aliphatic carbocycles. The second-order valence-corrected chi connectivity index (χ2v) is 5.92. The number of carbonyl (C=O) groups is 1. The Morgan fingerprint density at radius 2 is 1.88 bits per heavy atom. The number of rotatable bonds is 6. The molecular weight excluding hydrogens is 353 g/mol. The van der Waals surface area contributed by atoms with Gasteiger partial charge in [0, 0.05) is 24.5 Å². The van der Waals surface area contributed by atoms with Gasteiger partial charge in [0.15, 0.2) is 0 Å². The lowest BCUT2D eigenvalue weighted by molar-refractivity contribution is -0.112. The minimum atomic E-state index is -0.581. The molecule has 2 aromatic rings. The second-order valence-electron chi connectivity index (χ2n) is 5.52. The van der Waals surface area contributed by atoms with E-state index in [1.807, 2.05) is 30.3 Å². The molecule has 0 saturated carbocycles. The molecule has 0 saturated heterocycles. The number of nitrogens with zero attached hydrogens (tertiary/aromatic N) is 2. The summed E-state index contributed by atoms with van der Waals surface area (Å²) in [7, 11) is 0. The van der Waals surface area contributed by atoms with Gasteiger partial charge in [-0.25, -0.2) is 4.39 Å². The van der Waals surface area contributed by atoms with Crippen LogP contribution >= 0.6 is 11.6 Å². The monoisotopic (exact) mass is 371 g/mol. The average molecular weight is 372 g/mol. The van der Waals surface area contributed by atoms with Gasteiger partial charge in [-0.05, 0) is 55.8 Å². The average Bonchev–Trinajstić information content (AvgIpc) is 2.64. The Labute approximate surface area is 157 Å². The van der Waals surface area contributed by atoms with Crippen molar-refractivity contribution in [2.75, 3.05) is 23.3 Å². The smallest absolute Gasteiger partial charge is 0.266 e. The fourth-order valence-electron chi connectivity index (χ4n) is 2.46. The lowest BCUT2D eigenvalue weighted by atomic mass is 10.1. The van der Waals surface area contributed by atoms with Gasteiger partial charge in [0.05, 0.1) is 5.02 Å². The van der Waals surface area contributed by atoms with Crippen LogP contribution in [-0.4, -0.2) is 19.0 Å². The zero-order chi connectivity index (χ0) is 19.1. The zero-order valence-electron chi connectivity index (χ0n) is 14.6. The van der Waals surface area contributed by atoms with Crippen molar-refractivity contribution >= 4 is 35.0 Å². The van der Waals surface area contributed by atoms with Crippen LogP contribution in [-0.2, 0) is 4.79 Å². The number of nitriles is 1. The van der Waals surface area contributed by atoms with Gasteiger partial charge in [-0.1, -0.05) is 23.7 Å². The molecule has 1 N–H and O–H groups in total. The highest BCUT2D eigenvalue weighted by molar-refractivity contribution is 6.31. The highest BCUT2D eigenvalue weighted by atomic mass is 35.5. The first kappa shape index (κ1) is 19.5. The van der Waals surface area contributed by atoms with E-state index in [-0.39, 0.29) is 10.6 Å². The highest BCUT2D eigenvalue weighted by Crippen LogP contribution is 2.20. The molecule has 2 rings (SSSR count). The molecule has 0 radical (unpaired) electrons. The molecule has 0 fully saturated rings. The molecule has 0 bridgehead atoms. The number of amides is 1. The molecule has 2 aromatic carbocycles. The Balaban J connectivity index is 2.17. The third kappa shape index (κ3) is 4.84. The standard InChI is InChI=1S/C20H19ClFN3O/c1-3-25(4-2)17-8-5-14(6-9-17)11-15(13-23)20(26)24-16-7-10-19(22)18(21)12-16/h5-12H,3-4H2,1-2H3,(H,24,26)/b15-11+. The number of anilines is 2. The molecule has 4 nitrogen and oxygen atoms in total. The van der Waals surface area contributed by atoms with Gasteiger partial charge < -0.3 is 10.2 Å². The van der Waals surface area contributed by atoms with Crippen LogP contribution in [0, 0.1) is 17.1 Å². The van der Waals surface area contributed by atoms with Crippen LogP contribution in [0.4, 0.5) is 15.8 Å². The van der Waals surface area contributed by atoms with Gasteiger partial charge in [0.2, 0.25) is 0 Å². The van der Waals surface area contributed by atoms with E-state index in [1.165, 1.54) is 18.2 Å². The maximum absolute atomic E-state index is 13.2. The van der Waals surface area contributed by atoms with Crippen molar-refractivity contribution in [3.8, 4) is 6.07 Å². The summed E-state index contributed by atoms with van der Waals surface area (Å²) in [6.07, 6.45) is 1.51. The molecule has 1 amide bonds. The van der Waals surface area contributed by atoms with Crippen molar-refractivity contribution in [1.29, 1.82) is 5.26 Å². The van der Waals surface area contributed by atoms with E-state index in [2.05, 4.69) is 24.1 Å². The molecule has 26 heavy (non-hydrogen) atoms. The maximum Gasteiger partial charge on any atom is 0.266 e. The molecule has 6 heteroatoms. The predicted octanol–water partition coefficient (Wildman–Crippen LogP) is 4.87. The van der Waals surface area contributed by atoms with E-state index in [1.54, 1.807) is 0 Å². The normalized spacial score (nSPS) is 11.0. The van der Waals surface area contributed by atoms with E-state index in [9.17, 15) is 14.4 Å². The molecule has 0 aliphatic rings. The molecule has 0 atom stereocenters. The molecular formula is C20H19ClFN3O. The molecule has 0 aliphatic heterocycles. The van der Waals surface area contributed by atoms with Gasteiger partial charge in [-0.2, -0.15) is 5.26 Å². The van der Waals surface area contributed by atoms with Crippen molar-refractivity contribution in [3.05, 3.63) is 64.4 Å². The van der Waals surface area contributed by atoms with Gasteiger partial charge in [-0.3, -0.25) is 4.79 Å². The predicted molar refractivity (Wildman–Crippen MR) is 104 cm³/mol. The van der Waals surface area contributed by atoms with E-state index < -0.39 is 11.7 Å². The largest absolute Gasteiger partial charge is 0.372 e. The van der Waals surface area contributed by atoms with Crippen LogP contribution in [0.15, 0.2) is 48.0 Å². The first-order chi connectivity index (χ1) is 12.5. The number of halogens is 2. The zero-order valence-corrected chi connectivity index (χ0v) is 15.3. The molecule has 0 unspecified atom stereocenters. The lowest BCUT2D eigenvalue weighted by Gasteiger charge is -2.20. The number of nitrogens with one attached hydrogen (secondary N) is 1. The third-order valence-electron chi connectivity index (χ3n) is 3.88. The summed E-state index contributed by atoms with van der Waals surface area (Å²) in [4.78, 5) is 14.5. The van der Waals surface area contributed by atoms with Crippen LogP contribution < -0.4 is 10.2 Å². The fourth-order valence-corrected chi connectivity index (χ4v) is 2.64. The van der Waals surface area contributed by atoms with Crippen LogP contribution in [0.3, 0.4) is 0 Å². The van der Waals surface area contributed by atoms with E-state index in [0.29, 0.717) is 5.69 Å². The van der Waals surface area contributed by atoms with Crippen molar-refractivity contribution in [2.24, 2.45) is 0 Å². The highest BCUT2D eigenvalue weighted by Gasteiger charge is 2.11. The Kier molecular flexibility index (Phi) is 6.76. The quantitative estimate of drug-likeness (QED) is 0.582. The number of hydrogen-bond donors (Lipinski definition) is 1. The van der Waals surface area contributed by atoms with E-state index >= 15 is 0 Å².